The van der Waals surface area contributed by atoms with Crippen molar-refractivity contribution in [1.29, 1.82) is 0 Å². The smallest absolute Gasteiger partial charge is 0.422 e. The first-order chi connectivity index (χ1) is 12.4. The van der Waals surface area contributed by atoms with Crippen LogP contribution in [-0.2, 0) is 6.42 Å². The van der Waals surface area contributed by atoms with Gasteiger partial charge >= 0.3 is 6.18 Å². The average molecular weight is 364 g/mol. The van der Waals surface area contributed by atoms with Gasteiger partial charge in [-0.2, -0.15) is 13.2 Å². The van der Waals surface area contributed by atoms with Gasteiger partial charge < -0.3 is 15.0 Å². The molecule has 0 unspecified atom stereocenters. The van der Waals surface area contributed by atoms with E-state index in [-0.39, 0.29) is 17.4 Å². The van der Waals surface area contributed by atoms with Crippen molar-refractivity contribution in [3.63, 3.8) is 0 Å². The third-order valence-corrected chi connectivity index (χ3v) is 3.47. The van der Waals surface area contributed by atoms with Crippen LogP contribution < -0.4 is 10.1 Å². The van der Waals surface area contributed by atoms with Crippen LogP contribution in [0.15, 0.2) is 42.6 Å². The normalized spacial score (nSPS) is 11.5. The van der Waals surface area contributed by atoms with Gasteiger partial charge in [0.15, 0.2) is 6.61 Å². The van der Waals surface area contributed by atoms with E-state index in [0.29, 0.717) is 13.0 Å². The standard InChI is InChI=1S/C17H15F3N4O2/c18-17(19,20)10-26-15-6-5-11(9-22-15)16(25)21-8-7-14-23-12-3-1-2-4-13(12)24-14/h1-6,9H,7-8,10H2,(H,21,25)(H,23,24). The monoisotopic (exact) mass is 364 g/mol. The van der Waals surface area contributed by atoms with Crippen molar-refractivity contribution in [3.05, 3.63) is 54.0 Å². The molecule has 0 saturated carbocycles. The van der Waals surface area contributed by atoms with Crippen molar-refractivity contribution in [2.24, 2.45) is 0 Å². The van der Waals surface area contributed by atoms with Crippen LogP contribution in [0.2, 0.25) is 0 Å². The molecule has 0 saturated heterocycles. The van der Waals surface area contributed by atoms with Crippen LogP contribution in [0.3, 0.4) is 0 Å². The predicted molar refractivity (Wildman–Crippen MR) is 87.9 cm³/mol. The molecule has 0 aliphatic rings. The number of hydrogen-bond acceptors (Lipinski definition) is 4. The van der Waals surface area contributed by atoms with E-state index in [2.05, 4.69) is 25.0 Å². The summed E-state index contributed by atoms with van der Waals surface area (Å²) in [5.74, 6) is 0.178. The molecule has 3 rings (SSSR count). The highest BCUT2D eigenvalue weighted by atomic mass is 19.4. The Morgan fingerprint density at radius 1 is 1.19 bits per heavy atom. The highest BCUT2D eigenvalue weighted by Gasteiger charge is 2.28. The van der Waals surface area contributed by atoms with Crippen LogP contribution in [0.4, 0.5) is 13.2 Å². The molecular formula is C17H15F3N4O2. The van der Waals surface area contributed by atoms with Gasteiger partial charge in [-0.15, -0.1) is 0 Å². The third-order valence-electron chi connectivity index (χ3n) is 3.47. The second kappa shape index (κ2) is 7.42. The lowest BCUT2D eigenvalue weighted by Crippen LogP contribution is -2.26. The summed E-state index contributed by atoms with van der Waals surface area (Å²) in [7, 11) is 0. The topological polar surface area (TPSA) is 79.9 Å². The third kappa shape index (κ3) is 4.71. The molecule has 6 nitrogen and oxygen atoms in total. The Morgan fingerprint density at radius 3 is 2.69 bits per heavy atom. The largest absolute Gasteiger partial charge is 0.468 e. The Balaban J connectivity index is 1.50. The van der Waals surface area contributed by atoms with Gasteiger partial charge in [0.2, 0.25) is 5.88 Å². The fraction of sp³-hybridized carbons (Fsp3) is 0.235. The summed E-state index contributed by atoms with van der Waals surface area (Å²) in [4.78, 5) is 23.3. The number of fused-ring (bicyclic) bond motifs is 1. The zero-order valence-electron chi connectivity index (χ0n) is 13.5. The second-order valence-corrected chi connectivity index (χ2v) is 5.50. The van der Waals surface area contributed by atoms with Gasteiger partial charge in [-0.25, -0.2) is 9.97 Å². The quantitative estimate of drug-likeness (QED) is 0.705. The van der Waals surface area contributed by atoms with Gasteiger partial charge in [0.05, 0.1) is 16.6 Å². The molecule has 0 atom stereocenters. The second-order valence-electron chi connectivity index (χ2n) is 5.50. The maximum absolute atomic E-state index is 12.1. The number of alkyl halides is 3. The van der Waals surface area contributed by atoms with E-state index in [9.17, 15) is 18.0 Å². The predicted octanol–water partition coefficient (Wildman–Crippen LogP) is 2.87. The summed E-state index contributed by atoms with van der Waals surface area (Å²) < 4.78 is 40.7. The number of aromatic amines is 1. The number of rotatable bonds is 6. The Bertz CT molecular complexity index is 858. The summed E-state index contributed by atoms with van der Waals surface area (Å²) in [5, 5.41) is 2.71. The summed E-state index contributed by atoms with van der Waals surface area (Å²) in [6, 6.07) is 10.2. The number of amides is 1. The number of aromatic nitrogens is 3. The van der Waals surface area contributed by atoms with Crippen molar-refractivity contribution >= 4 is 16.9 Å². The zero-order chi connectivity index (χ0) is 18.6. The van der Waals surface area contributed by atoms with Crippen LogP contribution in [-0.4, -0.2) is 40.2 Å². The molecule has 9 heteroatoms. The van der Waals surface area contributed by atoms with Gasteiger partial charge in [-0.05, 0) is 18.2 Å². The van der Waals surface area contributed by atoms with E-state index in [1.165, 1.54) is 18.3 Å². The van der Waals surface area contributed by atoms with Crippen LogP contribution in [0.25, 0.3) is 11.0 Å². The lowest BCUT2D eigenvalue weighted by molar-refractivity contribution is -0.154. The number of ether oxygens (including phenoxy) is 1. The Hall–Kier alpha value is -3.10. The van der Waals surface area contributed by atoms with E-state index >= 15 is 0 Å². The van der Waals surface area contributed by atoms with Gasteiger partial charge in [0.25, 0.3) is 5.91 Å². The number of carbonyl (C=O) groups is 1. The fourth-order valence-corrected chi connectivity index (χ4v) is 2.28. The van der Waals surface area contributed by atoms with E-state index in [1.54, 1.807) is 0 Å². The minimum atomic E-state index is -4.44. The molecule has 2 heterocycles. The molecule has 0 aliphatic heterocycles. The number of H-pyrrole nitrogens is 1. The number of nitrogens with zero attached hydrogens (tertiary/aromatic N) is 2. The summed E-state index contributed by atoms with van der Waals surface area (Å²) >= 11 is 0. The van der Waals surface area contributed by atoms with E-state index in [0.717, 1.165) is 16.9 Å². The first-order valence-corrected chi connectivity index (χ1v) is 7.78. The maximum Gasteiger partial charge on any atom is 0.422 e. The van der Waals surface area contributed by atoms with Crippen LogP contribution in [0, 0.1) is 0 Å². The summed E-state index contributed by atoms with van der Waals surface area (Å²) in [5.41, 5.74) is 2.01. The number of benzene rings is 1. The van der Waals surface area contributed by atoms with E-state index in [1.807, 2.05) is 24.3 Å². The molecular weight excluding hydrogens is 349 g/mol. The van der Waals surface area contributed by atoms with Gasteiger partial charge in [-0.1, -0.05) is 12.1 Å². The van der Waals surface area contributed by atoms with Crippen molar-refractivity contribution in [3.8, 4) is 5.88 Å². The minimum absolute atomic E-state index is 0.193. The van der Waals surface area contributed by atoms with E-state index < -0.39 is 12.8 Å². The van der Waals surface area contributed by atoms with Gasteiger partial charge in [-0.3, -0.25) is 4.79 Å². The average Bonchev–Trinajstić information content (AvgIpc) is 3.02. The molecule has 2 aromatic heterocycles. The highest BCUT2D eigenvalue weighted by molar-refractivity contribution is 5.93. The van der Waals surface area contributed by atoms with Crippen molar-refractivity contribution < 1.29 is 22.7 Å². The number of hydrogen-bond donors (Lipinski definition) is 2. The summed E-state index contributed by atoms with van der Waals surface area (Å²) in [6.45, 7) is -1.08. The van der Waals surface area contributed by atoms with Crippen LogP contribution in [0.5, 0.6) is 5.88 Å². The van der Waals surface area contributed by atoms with Crippen molar-refractivity contribution in [2.45, 2.75) is 12.6 Å². The molecule has 136 valence electrons. The number of carbonyl (C=O) groups excluding carboxylic acids is 1. The molecule has 0 spiro atoms. The number of para-hydroxylation sites is 2. The molecule has 1 aromatic carbocycles. The molecule has 0 radical (unpaired) electrons. The fourth-order valence-electron chi connectivity index (χ4n) is 2.28. The Morgan fingerprint density at radius 2 is 2.00 bits per heavy atom. The molecule has 1 amide bonds. The Labute approximate surface area is 146 Å². The van der Waals surface area contributed by atoms with E-state index in [4.69, 9.17) is 0 Å². The zero-order valence-corrected chi connectivity index (χ0v) is 13.5. The molecule has 0 aliphatic carbocycles. The van der Waals surface area contributed by atoms with Gasteiger partial charge in [0, 0.05) is 25.2 Å². The highest BCUT2D eigenvalue weighted by Crippen LogP contribution is 2.17. The van der Waals surface area contributed by atoms with Crippen molar-refractivity contribution in [2.75, 3.05) is 13.2 Å². The molecule has 26 heavy (non-hydrogen) atoms. The number of nitrogens with one attached hydrogen (secondary N) is 2. The van der Waals surface area contributed by atoms with Crippen LogP contribution in [0.1, 0.15) is 16.2 Å². The first-order valence-electron chi connectivity index (χ1n) is 7.78. The minimum Gasteiger partial charge on any atom is -0.468 e. The molecule has 0 fully saturated rings. The molecule has 3 aromatic rings. The molecule has 2 N–H and O–H groups in total. The number of imidazole rings is 1. The SMILES string of the molecule is O=C(NCCc1nc2ccccc2[nH]1)c1ccc(OCC(F)(F)F)nc1. The van der Waals surface area contributed by atoms with Crippen molar-refractivity contribution in [1.82, 2.24) is 20.3 Å². The lowest BCUT2D eigenvalue weighted by atomic mass is 10.2. The number of halogens is 3. The first kappa shape index (κ1) is 17.7. The maximum atomic E-state index is 12.1. The summed E-state index contributed by atoms with van der Waals surface area (Å²) in [6.07, 6.45) is -2.75. The lowest BCUT2D eigenvalue weighted by Gasteiger charge is -2.08. The van der Waals surface area contributed by atoms with Gasteiger partial charge in [0.1, 0.15) is 5.82 Å². The van der Waals surface area contributed by atoms with Crippen LogP contribution >= 0.6 is 0 Å². The number of pyridine rings is 1. The Kier molecular flexibility index (Phi) is 5.06. The molecule has 0 bridgehead atoms.